The van der Waals surface area contributed by atoms with Gasteiger partial charge in [0.2, 0.25) is 0 Å². The Morgan fingerprint density at radius 1 is 1.67 bits per heavy atom. The molecular weight excluding hydrogens is 194 g/mol. The lowest BCUT2D eigenvalue weighted by Crippen LogP contribution is -2.23. The minimum absolute atomic E-state index is 0.00769. The first kappa shape index (κ1) is 11.4. The van der Waals surface area contributed by atoms with E-state index in [2.05, 4.69) is 5.32 Å². The normalized spacial score (nSPS) is 19.6. The molecule has 1 N–H and O–H groups in total. The number of hydrogen-bond donors (Lipinski definition) is 1. The Bertz CT molecular complexity index is 305. The van der Waals surface area contributed by atoms with E-state index in [4.69, 9.17) is 9.47 Å². The van der Waals surface area contributed by atoms with Gasteiger partial charge in [0.15, 0.2) is 0 Å². The summed E-state index contributed by atoms with van der Waals surface area (Å²) in [6.07, 6.45) is 8.64. The van der Waals surface area contributed by atoms with E-state index in [0.717, 1.165) is 5.76 Å². The largest absolute Gasteiger partial charge is 0.495 e. The highest BCUT2D eigenvalue weighted by Gasteiger charge is 2.04. The number of ether oxygens (including phenoxy) is 2. The van der Waals surface area contributed by atoms with Gasteiger partial charge in [0.25, 0.3) is 0 Å². The number of carbonyl (C=O) groups excluding carboxylic acids is 1. The molecule has 15 heavy (non-hydrogen) atoms. The second kappa shape index (κ2) is 5.90. The lowest BCUT2D eigenvalue weighted by atomic mass is 10.2. The van der Waals surface area contributed by atoms with Crippen molar-refractivity contribution >= 4 is 5.97 Å². The molecule has 1 unspecified atom stereocenters. The van der Waals surface area contributed by atoms with Crippen molar-refractivity contribution in [1.29, 1.82) is 0 Å². The summed E-state index contributed by atoms with van der Waals surface area (Å²) < 4.78 is 9.76. The molecule has 0 saturated carbocycles. The van der Waals surface area contributed by atoms with E-state index < -0.39 is 0 Å². The highest BCUT2D eigenvalue weighted by Crippen LogP contribution is 2.04. The Hall–Kier alpha value is -1.71. The quantitative estimate of drug-likeness (QED) is 0.557. The third kappa shape index (κ3) is 3.89. The summed E-state index contributed by atoms with van der Waals surface area (Å²) in [6.45, 7) is 2.17. The van der Waals surface area contributed by atoms with E-state index in [9.17, 15) is 4.79 Å². The maximum atomic E-state index is 11.0. The molecule has 0 saturated heterocycles. The summed E-state index contributed by atoms with van der Waals surface area (Å²) in [4.78, 5) is 11.0. The molecule has 1 rings (SSSR count). The molecule has 1 aliphatic rings. The van der Waals surface area contributed by atoms with Gasteiger partial charge in [-0.1, -0.05) is 12.2 Å². The maximum absolute atomic E-state index is 11.0. The van der Waals surface area contributed by atoms with Crippen LogP contribution in [0.1, 0.15) is 6.92 Å². The Balaban J connectivity index is 2.40. The maximum Gasteiger partial charge on any atom is 0.330 e. The van der Waals surface area contributed by atoms with Gasteiger partial charge in [-0.2, -0.15) is 0 Å². The molecule has 4 nitrogen and oxygen atoms in total. The van der Waals surface area contributed by atoms with Gasteiger partial charge in [-0.25, -0.2) is 4.79 Å². The molecule has 0 spiro atoms. The van der Waals surface area contributed by atoms with Gasteiger partial charge in [-0.3, -0.25) is 0 Å². The van der Waals surface area contributed by atoms with E-state index >= 15 is 0 Å². The topological polar surface area (TPSA) is 47.6 Å². The highest BCUT2D eigenvalue weighted by molar-refractivity contribution is 5.82. The lowest BCUT2D eigenvalue weighted by molar-refractivity contribution is -0.137. The van der Waals surface area contributed by atoms with Crippen molar-refractivity contribution < 1.29 is 14.3 Å². The van der Waals surface area contributed by atoms with E-state index in [1.54, 1.807) is 26.3 Å². The number of hydrogen-bond acceptors (Lipinski definition) is 4. The SMILES string of the molecule is CCOC(=O)/C=C/C1C=CC(OC)=CN1. The van der Waals surface area contributed by atoms with Gasteiger partial charge >= 0.3 is 5.97 Å². The predicted molar refractivity (Wildman–Crippen MR) is 56.9 cm³/mol. The third-order valence-electron chi connectivity index (χ3n) is 1.85. The Kier molecular flexibility index (Phi) is 4.47. The third-order valence-corrected chi connectivity index (χ3v) is 1.85. The van der Waals surface area contributed by atoms with Gasteiger partial charge in [0, 0.05) is 12.3 Å². The molecule has 0 aromatic heterocycles. The van der Waals surface area contributed by atoms with Crippen molar-refractivity contribution in [1.82, 2.24) is 5.32 Å². The van der Waals surface area contributed by atoms with Crippen molar-refractivity contribution in [2.75, 3.05) is 13.7 Å². The summed E-state index contributed by atoms with van der Waals surface area (Å²) in [6, 6.07) is 0.00769. The van der Waals surface area contributed by atoms with Gasteiger partial charge in [0.1, 0.15) is 5.76 Å². The first-order valence-electron chi connectivity index (χ1n) is 4.79. The Morgan fingerprint density at radius 3 is 3.00 bits per heavy atom. The zero-order valence-corrected chi connectivity index (χ0v) is 8.90. The van der Waals surface area contributed by atoms with E-state index in [-0.39, 0.29) is 12.0 Å². The fourth-order valence-corrected chi connectivity index (χ4v) is 1.10. The van der Waals surface area contributed by atoms with Crippen LogP contribution in [0.5, 0.6) is 0 Å². The fraction of sp³-hybridized carbons (Fsp3) is 0.364. The monoisotopic (exact) mass is 209 g/mol. The fourth-order valence-electron chi connectivity index (χ4n) is 1.10. The van der Waals surface area contributed by atoms with Crippen LogP contribution in [0.3, 0.4) is 0 Å². The Morgan fingerprint density at radius 2 is 2.47 bits per heavy atom. The van der Waals surface area contributed by atoms with Crippen LogP contribution in [0.15, 0.2) is 36.3 Å². The van der Waals surface area contributed by atoms with Gasteiger partial charge in [-0.15, -0.1) is 0 Å². The highest BCUT2D eigenvalue weighted by atomic mass is 16.5. The number of methoxy groups -OCH3 is 1. The average molecular weight is 209 g/mol. The number of dihydropyridines is 1. The smallest absolute Gasteiger partial charge is 0.330 e. The van der Waals surface area contributed by atoms with E-state index in [1.165, 1.54) is 6.08 Å². The zero-order valence-electron chi connectivity index (χ0n) is 8.90. The van der Waals surface area contributed by atoms with Crippen LogP contribution in [-0.4, -0.2) is 25.7 Å². The van der Waals surface area contributed by atoms with Crippen molar-refractivity contribution in [3.63, 3.8) is 0 Å². The van der Waals surface area contributed by atoms with Crippen LogP contribution >= 0.6 is 0 Å². The molecular formula is C11H15NO3. The van der Waals surface area contributed by atoms with Gasteiger partial charge < -0.3 is 14.8 Å². The summed E-state index contributed by atoms with van der Waals surface area (Å²) in [5.74, 6) is 0.435. The predicted octanol–water partition coefficient (Wildman–Crippen LogP) is 1.12. The molecule has 4 heteroatoms. The summed E-state index contributed by atoms with van der Waals surface area (Å²) in [7, 11) is 1.60. The van der Waals surface area contributed by atoms with Crippen LogP contribution in [0.25, 0.3) is 0 Å². The van der Waals surface area contributed by atoms with Crippen molar-refractivity contribution in [3.05, 3.63) is 36.3 Å². The number of rotatable bonds is 4. The molecule has 0 aliphatic carbocycles. The second-order valence-corrected chi connectivity index (χ2v) is 2.91. The molecule has 0 fully saturated rings. The van der Waals surface area contributed by atoms with Crippen molar-refractivity contribution in [2.24, 2.45) is 0 Å². The Labute approximate surface area is 89.3 Å². The van der Waals surface area contributed by atoms with Crippen molar-refractivity contribution in [3.8, 4) is 0 Å². The molecule has 0 bridgehead atoms. The summed E-state index contributed by atoms with van der Waals surface area (Å²) in [5.41, 5.74) is 0. The molecule has 0 aromatic carbocycles. The van der Waals surface area contributed by atoms with E-state index in [0.29, 0.717) is 6.61 Å². The molecule has 1 heterocycles. The molecule has 82 valence electrons. The molecule has 0 amide bonds. The first-order chi connectivity index (χ1) is 7.26. The summed E-state index contributed by atoms with van der Waals surface area (Å²) >= 11 is 0. The standard InChI is InChI=1S/C11H15NO3/c1-3-15-11(13)7-5-9-4-6-10(14-2)8-12-9/h4-9,12H,3H2,1-2H3/b7-5+. The van der Waals surface area contributed by atoms with Crippen LogP contribution in [-0.2, 0) is 14.3 Å². The molecule has 1 atom stereocenters. The number of allylic oxidation sites excluding steroid dienone is 1. The average Bonchev–Trinajstić information content (AvgIpc) is 2.27. The van der Waals surface area contributed by atoms with Crippen LogP contribution in [0.2, 0.25) is 0 Å². The van der Waals surface area contributed by atoms with Crippen LogP contribution in [0.4, 0.5) is 0 Å². The number of nitrogens with one attached hydrogen (secondary N) is 1. The molecule has 0 radical (unpaired) electrons. The molecule has 1 aliphatic heterocycles. The second-order valence-electron chi connectivity index (χ2n) is 2.91. The first-order valence-corrected chi connectivity index (χ1v) is 4.79. The van der Waals surface area contributed by atoms with E-state index in [1.807, 2.05) is 12.2 Å². The van der Waals surface area contributed by atoms with Gasteiger partial charge in [-0.05, 0) is 13.0 Å². The molecule has 0 aromatic rings. The minimum Gasteiger partial charge on any atom is -0.495 e. The minimum atomic E-state index is -0.325. The van der Waals surface area contributed by atoms with Crippen molar-refractivity contribution in [2.45, 2.75) is 13.0 Å². The number of carbonyl (C=O) groups is 1. The number of esters is 1. The van der Waals surface area contributed by atoms with Crippen LogP contribution < -0.4 is 5.32 Å². The summed E-state index contributed by atoms with van der Waals surface area (Å²) in [5, 5.41) is 3.05. The zero-order chi connectivity index (χ0) is 11.1. The lowest BCUT2D eigenvalue weighted by Gasteiger charge is -2.14. The van der Waals surface area contributed by atoms with Crippen LogP contribution in [0, 0.1) is 0 Å². The van der Waals surface area contributed by atoms with Gasteiger partial charge in [0.05, 0.1) is 19.8 Å².